The predicted molar refractivity (Wildman–Crippen MR) is 82.4 cm³/mol. The minimum absolute atomic E-state index is 0.313. The lowest BCUT2D eigenvalue weighted by atomic mass is 10.2. The third kappa shape index (κ3) is 2.65. The number of aryl methyl sites for hydroxylation is 2. The van der Waals surface area contributed by atoms with Crippen LogP contribution in [0.2, 0.25) is 0 Å². The van der Waals surface area contributed by atoms with Crippen LogP contribution in [0.4, 0.5) is 0 Å². The van der Waals surface area contributed by atoms with Crippen LogP contribution < -0.4 is 11.2 Å². The fourth-order valence-electron chi connectivity index (χ4n) is 2.29. The molecule has 114 valence electrons. The molecule has 2 aromatic rings. The van der Waals surface area contributed by atoms with Gasteiger partial charge in [0, 0.05) is 11.4 Å². The third-order valence-electron chi connectivity index (χ3n) is 3.56. The van der Waals surface area contributed by atoms with Gasteiger partial charge in [-0.05, 0) is 25.8 Å². The topological polar surface area (TPSA) is 81.3 Å². The average Bonchev–Trinajstić information content (AvgIpc) is 2.71. The number of carboxylic acids is 1. The van der Waals surface area contributed by atoms with Gasteiger partial charge in [0.25, 0.3) is 5.56 Å². The molecule has 0 aliphatic rings. The molecule has 0 amide bonds. The van der Waals surface area contributed by atoms with E-state index >= 15 is 0 Å². The van der Waals surface area contributed by atoms with E-state index in [1.165, 1.54) is 15.9 Å². The van der Waals surface area contributed by atoms with Gasteiger partial charge in [0.2, 0.25) is 0 Å². The average molecular weight is 310 g/mol. The second kappa shape index (κ2) is 5.85. The van der Waals surface area contributed by atoms with Gasteiger partial charge < -0.3 is 5.11 Å². The maximum absolute atomic E-state index is 12.5. The van der Waals surface area contributed by atoms with E-state index < -0.39 is 18.2 Å². The second-order valence-electron chi connectivity index (χ2n) is 5.04. The van der Waals surface area contributed by atoms with Crippen LogP contribution in [0.1, 0.15) is 30.2 Å². The van der Waals surface area contributed by atoms with Gasteiger partial charge in [-0.25, -0.2) is 4.79 Å². The Labute approximate surface area is 125 Å². The van der Waals surface area contributed by atoms with Crippen LogP contribution >= 0.6 is 11.3 Å². The van der Waals surface area contributed by atoms with Crippen molar-refractivity contribution in [1.82, 2.24) is 9.13 Å². The first kappa shape index (κ1) is 15.5. The van der Waals surface area contributed by atoms with Crippen LogP contribution in [-0.4, -0.2) is 20.2 Å². The van der Waals surface area contributed by atoms with Crippen molar-refractivity contribution in [3.8, 4) is 0 Å². The Morgan fingerprint density at radius 3 is 2.48 bits per heavy atom. The standard InChI is InChI=1S/C14H18N2O4S/c1-4-5-6-15-12(19)11-8(2)9(3)21-13(11)16(14(15)20)7-10(17)18/h4-7H2,1-3H3,(H,17,18). The van der Waals surface area contributed by atoms with Gasteiger partial charge in [0.05, 0.1) is 5.39 Å². The summed E-state index contributed by atoms with van der Waals surface area (Å²) in [6, 6.07) is 0. The van der Waals surface area contributed by atoms with E-state index in [1.54, 1.807) is 0 Å². The van der Waals surface area contributed by atoms with E-state index in [2.05, 4.69) is 0 Å². The van der Waals surface area contributed by atoms with Crippen molar-refractivity contribution in [1.29, 1.82) is 0 Å². The van der Waals surface area contributed by atoms with Gasteiger partial charge in [-0.2, -0.15) is 0 Å². The number of hydrogen-bond acceptors (Lipinski definition) is 4. The Balaban J connectivity index is 2.86. The quantitative estimate of drug-likeness (QED) is 0.912. The molecular weight excluding hydrogens is 292 g/mol. The Morgan fingerprint density at radius 2 is 1.90 bits per heavy atom. The number of thiophene rings is 1. The highest BCUT2D eigenvalue weighted by molar-refractivity contribution is 7.18. The summed E-state index contributed by atoms with van der Waals surface area (Å²) in [6.45, 7) is 5.55. The Morgan fingerprint density at radius 1 is 1.24 bits per heavy atom. The molecule has 0 saturated heterocycles. The van der Waals surface area contributed by atoms with Gasteiger partial charge in [0.15, 0.2) is 0 Å². The Kier molecular flexibility index (Phi) is 4.32. The third-order valence-corrected chi connectivity index (χ3v) is 4.79. The number of rotatable bonds is 5. The summed E-state index contributed by atoms with van der Waals surface area (Å²) >= 11 is 1.29. The number of carboxylic acid groups (broad SMARTS) is 1. The van der Waals surface area contributed by atoms with Crippen molar-refractivity contribution in [2.24, 2.45) is 0 Å². The minimum Gasteiger partial charge on any atom is -0.480 e. The highest BCUT2D eigenvalue weighted by Gasteiger charge is 2.19. The van der Waals surface area contributed by atoms with Crippen molar-refractivity contribution < 1.29 is 9.90 Å². The highest BCUT2D eigenvalue weighted by atomic mass is 32.1. The lowest BCUT2D eigenvalue weighted by molar-refractivity contribution is -0.137. The van der Waals surface area contributed by atoms with Gasteiger partial charge in [-0.15, -0.1) is 11.3 Å². The van der Waals surface area contributed by atoms with E-state index in [0.717, 1.165) is 21.4 Å². The molecule has 1 N–H and O–H groups in total. The molecule has 0 aromatic carbocycles. The van der Waals surface area contributed by atoms with E-state index in [-0.39, 0.29) is 5.56 Å². The summed E-state index contributed by atoms with van der Waals surface area (Å²) in [5, 5.41) is 9.49. The van der Waals surface area contributed by atoms with E-state index in [4.69, 9.17) is 5.11 Å². The molecule has 0 aliphatic carbocycles. The Hall–Kier alpha value is -1.89. The minimum atomic E-state index is -1.09. The maximum Gasteiger partial charge on any atom is 0.332 e. The Bertz CT molecular complexity index is 813. The summed E-state index contributed by atoms with van der Waals surface area (Å²) < 4.78 is 2.35. The predicted octanol–water partition coefficient (Wildman–Crippen LogP) is 1.73. The molecule has 7 heteroatoms. The smallest absolute Gasteiger partial charge is 0.332 e. The van der Waals surface area contributed by atoms with E-state index in [9.17, 15) is 14.4 Å². The van der Waals surface area contributed by atoms with Crippen LogP contribution in [0.5, 0.6) is 0 Å². The van der Waals surface area contributed by atoms with Crippen molar-refractivity contribution in [3.05, 3.63) is 31.3 Å². The summed E-state index contributed by atoms with van der Waals surface area (Å²) in [4.78, 5) is 37.4. The number of aliphatic carboxylic acids is 1. The van der Waals surface area contributed by atoms with Crippen LogP contribution in [-0.2, 0) is 17.9 Å². The SMILES string of the molecule is CCCCn1c(=O)c2c(C)c(C)sc2n(CC(=O)O)c1=O. The van der Waals surface area contributed by atoms with E-state index in [0.29, 0.717) is 23.2 Å². The molecule has 2 rings (SSSR count). The molecule has 2 heterocycles. The summed E-state index contributed by atoms with van der Waals surface area (Å²) in [5.74, 6) is -1.09. The monoisotopic (exact) mass is 310 g/mol. The van der Waals surface area contributed by atoms with Crippen molar-refractivity contribution in [2.75, 3.05) is 0 Å². The lowest BCUT2D eigenvalue weighted by Gasteiger charge is -2.10. The van der Waals surface area contributed by atoms with Crippen molar-refractivity contribution in [2.45, 2.75) is 46.7 Å². The van der Waals surface area contributed by atoms with Gasteiger partial charge in [-0.1, -0.05) is 13.3 Å². The molecular formula is C14H18N2O4S. The lowest BCUT2D eigenvalue weighted by Crippen LogP contribution is -2.40. The first-order valence-corrected chi connectivity index (χ1v) is 7.65. The zero-order valence-corrected chi connectivity index (χ0v) is 13.1. The maximum atomic E-state index is 12.5. The first-order valence-electron chi connectivity index (χ1n) is 6.83. The molecule has 0 atom stereocenters. The zero-order chi connectivity index (χ0) is 15.7. The van der Waals surface area contributed by atoms with Gasteiger partial charge in [-0.3, -0.25) is 18.7 Å². The van der Waals surface area contributed by atoms with Crippen LogP contribution in [0.3, 0.4) is 0 Å². The number of fused-ring (bicyclic) bond motifs is 1. The molecule has 0 unspecified atom stereocenters. The molecule has 0 saturated carbocycles. The molecule has 0 spiro atoms. The van der Waals surface area contributed by atoms with Gasteiger partial charge >= 0.3 is 11.7 Å². The van der Waals surface area contributed by atoms with Crippen molar-refractivity contribution in [3.63, 3.8) is 0 Å². The molecule has 0 bridgehead atoms. The fraction of sp³-hybridized carbons (Fsp3) is 0.500. The fourth-order valence-corrected chi connectivity index (χ4v) is 3.43. The molecule has 0 fully saturated rings. The summed E-state index contributed by atoms with van der Waals surface area (Å²) in [5.41, 5.74) is -0.0269. The first-order chi connectivity index (χ1) is 9.88. The van der Waals surface area contributed by atoms with Crippen molar-refractivity contribution >= 4 is 27.5 Å². The van der Waals surface area contributed by atoms with Gasteiger partial charge in [0.1, 0.15) is 11.4 Å². The van der Waals surface area contributed by atoms with Crippen LogP contribution in [0.25, 0.3) is 10.2 Å². The molecule has 2 aromatic heterocycles. The number of nitrogens with zero attached hydrogens (tertiary/aromatic N) is 2. The normalized spacial score (nSPS) is 11.2. The van der Waals surface area contributed by atoms with Crippen LogP contribution in [0.15, 0.2) is 9.59 Å². The second-order valence-corrected chi connectivity index (χ2v) is 6.24. The molecule has 0 aliphatic heterocycles. The number of unbranched alkanes of at least 4 members (excludes halogenated alkanes) is 1. The highest BCUT2D eigenvalue weighted by Crippen LogP contribution is 2.26. The number of hydrogen-bond donors (Lipinski definition) is 1. The van der Waals surface area contributed by atoms with Crippen LogP contribution in [0, 0.1) is 13.8 Å². The number of aromatic nitrogens is 2. The summed E-state index contributed by atoms with van der Waals surface area (Å²) in [7, 11) is 0. The van der Waals surface area contributed by atoms with E-state index in [1.807, 2.05) is 20.8 Å². The summed E-state index contributed by atoms with van der Waals surface area (Å²) in [6.07, 6.45) is 1.56. The molecule has 0 radical (unpaired) electrons. The largest absolute Gasteiger partial charge is 0.480 e. The zero-order valence-electron chi connectivity index (χ0n) is 12.3. The molecule has 6 nitrogen and oxygen atoms in total. The molecule has 21 heavy (non-hydrogen) atoms. The number of carbonyl (C=O) groups is 1.